The molecule has 0 aromatic carbocycles. The summed E-state index contributed by atoms with van der Waals surface area (Å²) in [5.74, 6) is 0.550. The predicted molar refractivity (Wildman–Crippen MR) is 62.2 cm³/mol. The number of nitrogens with zero attached hydrogens (tertiary/aromatic N) is 1. The van der Waals surface area contributed by atoms with Crippen molar-refractivity contribution in [1.29, 1.82) is 0 Å². The van der Waals surface area contributed by atoms with Crippen LogP contribution in [0.1, 0.15) is 41.0 Å². The van der Waals surface area contributed by atoms with Crippen LogP contribution in [0.2, 0.25) is 0 Å². The first-order valence-corrected chi connectivity index (χ1v) is 5.48. The minimum atomic E-state index is -0.297. The number of likely N-dealkylation sites (N-methyl/N-ethyl adjacent to an activating group) is 1. The van der Waals surface area contributed by atoms with Gasteiger partial charge in [0.05, 0.1) is 5.60 Å². The van der Waals surface area contributed by atoms with Crippen molar-refractivity contribution < 1.29 is 9.53 Å². The summed E-state index contributed by atoms with van der Waals surface area (Å²) in [7, 11) is 1.80. The van der Waals surface area contributed by atoms with Crippen molar-refractivity contribution in [2.75, 3.05) is 13.6 Å². The van der Waals surface area contributed by atoms with Crippen LogP contribution >= 0.6 is 0 Å². The largest absolute Gasteiger partial charge is 0.359 e. The lowest BCUT2D eigenvalue weighted by molar-refractivity contribution is -0.133. The molecule has 1 amide bonds. The smallest absolute Gasteiger partial charge is 0.254 e. The summed E-state index contributed by atoms with van der Waals surface area (Å²) in [5.41, 5.74) is -0.297. The van der Waals surface area contributed by atoms with Crippen LogP contribution in [0, 0.1) is 12.5 Å². The third-order valence-corrected chi connectivity index (χ3v) is 1.93. The van der Waals surface area contributed by atoms with Gasteiger partial charge >= 0.3 is 0 Å². The fraction of sp³-hybridized carbons (Fsp3) is 0.833. The molecule has 0 saturated carbocycles. The van der Waals surface area contributed by atoms with Crippen LogP contribution < -0.4 is 0 Å². The van der Waals surface area contributed by atoms with Crippen molar-refractivity contribution in [3.8, 4) is 0 Å². The molecule has 0 spiro atoms. The number of hydrogen-bond donors (Lipinski definition) is 0. The van der Waals surface area contributed by atoms with E-state index in [4.69, 9.17) is 4.74 Å². The number of carbonyl (C=O) groups excluding carboxylic acids is 1. The quantitative estimate of drug-likeness (QED) is 0.703. The molecule has 0 aliphatic rings. The minimum absolute atomic E-state index is 0.0643. The van der Waals surface area contributed by atoms with Crippen molar-refractivity contribution >= 4 is 5.91 Å². The zero-order valence-electron chi connectivity index (χ0n) is 10.8. The van der Waals surface area contributed by atoms with Crippen molar-refractivity contribution in [2.24, 2.45) is 5.92 Å². The van der Waals surface area contributed by atoms with E-state index in [1.807, 2.05) is 20.8 Å². The lowest BCUT2D eigenvalue weighted by Gasteiger charge is -2.22. The Morgan fingerprint density at radius 3 is 2.33 bits per heavy atom. The molecular formula is C12H24NO2. The minimum Gasteiger partial charge on any atom is -0.359 e. The third kappa shape index (κ3) is 8.43. The maximum atomic E-state index is 11.5. The van der Waals surface area contributed by atoms with Crippen LogP contribution in [0.5, 0.6) is 0 Å². The second-order valence-corrected chi connectivity index (χ2v) is 5.29. The predicted octanol–water partition coefficient (Wildman–Crippen LogP) is 2.47. The summed E-state index contributed by atoms with van der Waals surface area (Å²) in [6, 6.07) is 0. The van der Waals surface area contributed by atoms with E-state index in [-0.39, 0.29) is 11.5 Å². The molecule has 0 saturated heterocycles. The van der Waals surface area contributed by atoms with Gasteiger partial charge in [0.15, 0.2) is 6.61 Å². The van der Waals surface area contributed by atoms with Gasteiger partial charge in [-0.15, -0.1) is 0 Å². The first-order chi connectivity index (χ1) is 6.72. The first kappa shape index (κ1) is 14.4. The van der Waals surface area contributed by atoms with Crippen LogP contribution in [0.25, 0.3) is 0 Å². The standard InChI is InChI=1S/C12H24NO2/c1-10(2)7-8-13(6)11(14)9-15-12(3,4)5/h9-10H,7-8H2,1-6H3. The first-order valence-electron chi connectivity index (χ1n) is 5.48. The Bertz CT molecular complexity index is 194. The second-order valence-electron chi connectivity index (χ2n) is 5.29. The van der Waals surface area contributed by atoms with Gasteiger partial charge in [-0.3, -0.25) is 4.79 Å². The third-order valence-electron chi connectivity index (χ3n) is 1.93. The second kappa shape index (κ2) is 6.11. The summed E-state index contributed by atoms with van der Waals surface area (Å²) in [6.07, 6.45) is 1.02. The number of rotatable bonds is 5. The molecule has 3 heteroatoms. The number of carbonyl (C=O) groups is 1. The molecule has 0 unspecified atom stereocenters. The van der Waals surface area contributed by atoms with Crippen molar-refractivity contribution in [2.45, 2.75) is 46.6 Å². The fourth-order valence-corrected chi connectivity index (χ4v) is 0.879. The summed E-state index contributed by atoms with van der Waals surface area (Å²) >= 11 is 0. The molecule has 0 aromatic rings. The average molecular weight is 214 g/mol. The van der Waals surface area contributed by atoms with E-state index in [1.54, 1.807) is 11.9 Å². The van der Waals surface area contributed by atoms with E-state index < -0.39 is 0 Å². The zero-order valence-corrected chi connectivity index (χ0v) is 10.8. The molecule has 0 rings (SSSR count). The highest BCUT2D eigenvalue weighted by Crippen LogP contribution is 2.09. The Labute approximate surface area is 93.8 Å². The van der Waals surface area contributed by atoms with E-state index in [9.17, 15) is 4.79 Å². The van der Waals surface area contributed by atoms with Crippen LogP contribution in [-0.4, -0.2) is 30.0 Å². The van der Waals surface area contributed by atoms with Crippen molar-refractivity contribution in [1.82, 2.24) is 4.90 Å². The molecule has 0 N–H and O–H groups in total. The molecule has 89 valence electrons. The fourth-order valence-electron chi connectivity index (χ4n) is 0.879. The molecule has 0 aliphatic carbocycles. The van der Waals surface area contributed by atoms with Crippen LogP contribution in [0.4, 0.5) is 0 Å². The van der Waals surface area contributed by atoms with Gasteiger partial charge in [0.25, 0.3) is 5.91 Å². The van der Waals surface area contributed by atoms with Gasteiger partial charge in [-0.05, 0) is 33.1 Å². The van der Waals surface area contributed by atoms with Gasteiger partial charge in [-0.25, -0.2) is 0 Å². The van der Waals surface area contributed by atoms with Gasteiger partial charge < -0.3 is 9.64 Å². The van der Waals surface area contributed by atoms with Gasteiger partial charge in [0.2, 0.25) is 0 Å². The normalized spacial score (nSPS) is 11.9. The number of hydrogen-bond acceptors (Lipinski definition) is 2. The molecule has 0 atom stereocenters. The summed E-state index contributed by atoms with van der Waals surface area (Å²) < 4.78 is 5.30. The molecule has 0 fully saturated rings. The molecule has 0 aliphatic heterocycles. The Kier molecular flexibility index (Phi) is 5.88. The van der Waals surface area contributed by atoms with Crippen molar-refractivity contribution in [3.05, 3.63) is 6.61 Å². The Morgan fingerprint density at radius 1 is 1.40 bits per heavy atom. The number of amides is 1. The monoisotopic (exact) mass is 214 g/mol. The van der Waals surface area contributed by atoms with Crippen molar-refractivity contribution in [3.63, 3.8) is 0 Å². The molecule has 0 heterocycles. The van der Waals surface area contributed by atoms with Gasteiger partial charge in [-0.2, -0.15) is 0 Å². The molecule has 15 heavy (non-hydrogen) atoms. The van der Waals surface area contributed by atoms with Gasteiger partial charge in [-0.1, -0.05) is 13.8 Å². The molecular weight excluding hydrogens is 190 g/mol. The van der Waals surface area contributed by atoms with E-state index in [1.165, 1.54) is 6.61 Å². The highest BCUT2D eigenvalue weighted by molar-refractivity contribution is 5.82. The maximum Gasteiger partial charge on any atom is 0.254 e. The molecule has 1 radical (unpaired) electrons. The van der Waals surface area contributed by atoms with Crippen LogP contribution in [0.15, 0.2) is 0 Å². The summed E-state index contributed by atoms with van der Waals surface area (Å²) in [6.45, 7) is 12.1. The van der Waals surface area contributed by atoms with Gasteiger partial charge in [0, 0.05) is 13.6 Å². The maximum absolute atomic E-state index is 11.5. The van der Waals surface area contributed by atoms with Crippen LogP contribution in [-0.2, 0) is 9.53 Å². The zero-order chi connectivity index (χ0) is 12.1. The Hall–Kier alpha value is -0.570. The van der Waals surface area contributed by atoms with Gasteiger partial charge in [0.1, 0.15) is 0 Å². The Balaban J connectivity index is 3.80. The topological polar surface area (TPSA) is 29.5 Å². The summed E-state index contributed by atoms with van der Waals surface area (Å²) in [4.78, 5) is 13.2. The van der Waals surface area contributed by atoms with Crippen LogP contribution in [0.3, 0.4) is 0 Å². The lowest BCUT2D eigenvalue weighted by Crippen LogP contribution is -2.31. The molecule has 0 bridgehead atoms. The number of ether oxygens (including phenoxy) is 1. The molecule has 3 nitrogen and oxygen atoms in total. The summed E-state index contributed by atoms with van der Waals surface area (Å²) in [5, 5.41) is 0. The van der Waals surface area contributed by atoms with E-state index in [2.05, 4.69) is 13.8 Å². The van der Waals surface area contributed by atoms with E-state index in [0.717, 1.165) is 13.0 Å². The Morgan fingerprint density at radius 2 is 1.93 bits per heavy atom. The van der Waals surface area contributed by atoms with E-state index >= 15 is 0 Å². The lowest BCUT2D eigenvalue weighted by atomic mass is 10.1. The average Bonchev–Trinajstić information content (AvgIpc) is 2.08. The molecule has 0 aromatic heterocycles. The SMILES string of the molecule is CC(C)CCN(C)C(=O)[CH]OC(C)(C)C. The highest BCUT2D eigenvalue weighted by Gasteiger charge is 2.16. The van der Waals surface area contributed by atoms with E-state index in [0.29, 0.717) is 5.92 Å². The highest BCUT2D eigenvalue weighted by atomic mass is 16.5.